The maximum Gasteiger partial charge on any atom is 0.333 e. The lowest BCUT2D eigenvalue weighted by atomic mass is 9.94. The summed E-state index contributed by atoms with van der Waals surface area (Å²) in [6.45, 7) is 1.99. The smallest absolute Gasteiger partial charge is 0.333 e. The highest BCUT2D eigenvalue weighted by Crippen LogP contribution is 2.28. The lowest BCUT2D eigenvalue weighted by Crippen LogP contribution is -2.15. The van der Waals surface area contributed by atoms with Gasteiger partial charge in [0.1, 0.15) is 17.8 Å². The molecule has 20 heavy (non-hydrogen) atoms. The van der Waals surface area contributed by atoms with Gasteiger partial charge in [0.15, 0.2) is 0 Å². The average molecular weight is 272 g/mol. The van der Waals surface area contributed by atoms with Gasteiger partial charge in [-0.1, -0.05) is 6.92 Å². The Kier molecular flexibility index (Phi) is 4.35. The largest absolute Gasteiger partial charge is 0.466 e. The molecule has 0 amide bonds. The molecule has 104 valence electrons. The van der Waals surface area contributed by atoms with Gasteiger partial charge in [-0.15, -0.1) is 0 Å². The molecule has 1 atom stereocenters. The fourth-order valence-corrected chi connectivity index (χ4v) is 2.01. The van der Waals surface area contributed by atoms with Crippen LogP contribution in [0.2, 0.25) is 0 Å². The van der Waals surface area contributed by atoms with E-state index in [0.717, 1.165) is 12.0 Å². The summed E-state index contributed by atoms with van der Waals surface area (Å²) in [7, 11) is 1.37. The van der Waals surface area contributed by atoms with Crippen molar-refractivity contribution in [3.8, 4) is 5.75 Å². The zero-order valence-corrected chi connectivity index (χ0v) is 11.5. The highest BCUT2D eigenvalue weighted by molar-refractivity contribution is 5.89. The first-order valence-electron chi connectivity index (χ1n) is 6.36. The van der Waals surface area contributed by atoms with Crippen molar-refractivity contribution in [2.24, 2.45) is 5.92 Å². The van der Waals surface area contributed by atoms with Crippen molar-refractivity contribution in [2.45, 2.75) is 13.3 Å². The quantitative estimate of drug-likeness (QED) is 0.624. The van der Waals surface area contributed by atoms with Crippen LogP contribution in [0.5, 0.6) is 5.75 Å². The van der Waals surface area contributed by atoms with Gasteiger partial charge in [0.2, 0.25) is 0 Å². The summed E-state index contributed by atoms with van der Waals surface area (Å²) < 4.78 is 10.5. The molecule has 0 heterocycles. The van der Waals surface area contributed by atoms with Crippen LogP contribution in [0.15, 0.2) is 47.7 Å². The number of methoxy groups -OCH3 is 1. The van der Waals surface area contributed by atoms with E-state index in [0.29, 0.717) is 23.3 Å². The van der Waals surface area contributed by atoms with Gasteiger partial charge in [-0.05, 0) is 42.8 Å². The van der Waals surface area contributed by atoms with Crippen LogP contribution in [0.4, 0.5) is 0 Å². The minimum atomic E-state index is -0.303. The Bertz CT molecular complexity index is 567. The zero-order chi connectivity index (χ0) is 14.5. The fraction of sp³-hybridized carbons (Fsp3) is 0.250. The third-order valence-corrected chi connectivity index (χ3v) is 3.16. The van der Waals surface area contributed by atoms with Crippen LogP contribution in [0.3, 0.4) is 0 Å². The molecule has 2 rings (SSSR count). The second kappa shape index (κ2) is 6.19. The van der Waals surface area contributed by atoms with Gasteiger partial charge in [-0.3, -0.25) is 4.79 Å². The predicted molar refractivity (Wildman–Crippen MR) is 74.4 cm³/mol. The standard InChI is InChI=1S/C16H16O4/c1-11-9-13(16(18)19-2)5-8-15(11)20-14-6-3-12(10-17)4-7-14/h3-8,10-11H,9H2,1-2H3/t11-/m1/s1. The second-order valence-electron chi connectivity index (χ2n) is 4.65. The maximum atomic E-state index is 11.5. The van der Waals surface area contributed by atoms with Crippen LogP contribution in [0.25, 0.3) is 0 Å². The maximum absolute atomic E-state index is 11.5. The van der Waals surface area contributed by atoms with Gasteiger partial charge >= 0.3 is 5.97 Å². The number of hydrogen-bond donors (Lipinski definition) is 0. The molecule has 0 fully saturated rings. The van der Waals surface area contributed by atoms with Crippen LogP contribution < -0.4 is 4.74 Å². The number of esters is 1. The zero-order valence-electron chi connectivity index (χ0n) is 11.5. The molecular weight excluding hydrogens is 256 g/mol. The summed E-state index contributed by atoms with van der Waals surface area (Å²) in [5.74, 6) is 1.25. The summed E-state index contributed by atoms with van der Waals surface area (Å²) in [4.78, 5) is 22.0. The molecule has 1 aromatic rings. The van der Waals surface area contributed by atoms with E-state index < -0.39 is 0 Å². The molecular formula is C16H16O4. The minimum Gasteiger partial charge on any atom is -0.466 e. The van der Waals surface area contributed by atoms with Crippen LogP contribution in [-0.2, 0) is 9.53 Å². The van der Waals surface area contributed by atoms with E-state index in [2.05, 4.69) is 0 Å². The summed E-state index contributed by atoms with van der Waals surface area (Å²) in [5.41, 5.74) is 1.25. The normalized spacial score (nSPS) is 17.8. The van der Waals surface area contributed by atoms with Crippen molar-refractivity contribution < 1.29 is 19.1 Å². The number of carbonyl (C=O) groups excluding carboxylic acids is 2. The number of rotatable bonds is 4. The monoisotopic (exact) mass is 272 g/mol. The molecule has 0 aromatic heterocycles. The number of benzene rings is 1. The molecule has 1 aromatic carbocycles. The van der Waals surface area contributed by atoms with Crippen molar-refractivity contribution in [3.05, 3.63) is 53.3 Å². The van der Waals surface area contributed by atoms with Crippen molar-refractivity contribution in [2.75, 3.05) is 7.11 Å². The third-order valence-electron chi connectivity index (χ3n) is 3.16. The molecule has 0 aliphatic heterocycles. The first-order valence-corrected chi connectivity index (χ1v) is 6.36. The number of ether oxygens (including phenoxy) is 2. The number of aldehydes is 1. The Morgan fingerprint density at radius 3 is 2.50 bits per heavy atom. The van der Waals surface area contributed by atoms with E-state index in [1.54, 1.807) is 36.4 Å². The van der Waals surface area contributed by atoms with Gasteiger partial charge in [0.25, 0.3) is 0 Å². The average Bonchev–Trinajstić information content (AvgIpc) is 2.49. The SMILES string of the molecule is COC(=O)C1=CC=C(Oc2ccc(C=O)cc2)[C@H](C)C1. The molecule has 0 saturated heterocycles. The molecule has 0 unspecified atom stereocenters. The van der Waals surface area contributed by atoms with E-state index in [-0.39, 0.29) is 11.9 Å². The van der Waals surface area contributed by atoms with Gasteiger partial charge in [0.05, 0.1) is 7.11 Å². The first kappa shape index (κ1) is 14.1. The van der Waals surface area contributed by atoms with Crippen molar-refractivity contribution in [1.82, 2.24) is 0 Å². The molecule has 0 N–H and O–H groups in total. The highest BCUT2D eigenvalue weighted by atomic mass is 16.5. The van der Waals surface area contributed by atoms with Gasteiger partial charge in [0, 0.05) is 17.1 Å². The second-order valence-corrected chi connectivity index (χ2v) is 4.65. The Balaban J connectivity index is 2.12. The summed E-state index contributed by atoms with van der Waals surface area (Å²) in [6.07, 6.45) is 4.89. The molecule has 0 radical (unpaired) electrons. The van der Waals surface area contributed by atoms with Crippen LogP contribution >= 0.6 is 0 Å². The molecule has 1 aliphatic carbocycles. The summed E-state index contributed by atoms with van der Waals surface area (Å²) in [5, 5.41) is 0. The lowest BCUT2D eigenvalue weighted by molar-refractivity contribution is -0.136. The molecule has 4 nitrogen and oxygen atoms in total. The third kappa shape index (κ3) is 3.15. The van der Waals surface area contributed by atoms with Crippen LogP contribution in [-0.4, -0.2) is 19.4 Å². The van der Waals surface area contributed by atoms with Crippen molar-refractivity contribution in [1.29, 1.82) is 0 Å². The van der Waals surface area contributed by atoms with Gasteiger partial charge in [-0.2, -0.15) is 0 Å². The Labute approximate surface area is 117 Å². The molecule has 1 aliphatic rings. The minimum absolute atomic E-state index is 0.0971. The molecule has 0 spiro atoms. The first-order chi connectivity index (χ1) is 9.63. The van der Waals surface area contributed by atoms with Crippen LogP contribution in [0, 0.1) is 5.92 Å². The van der Waals surface area contributed by atoms with E-state index in [9.17, 15) is 9.59 Å². The fourth-order valence-electron chi connectivity index (χ4n) is 2.01. The van der Waals surface area contributed by atoms with E-state index >= 15 is 0 Å². The number of allylic oxidation sites excluding steroid dienone is 3. The molecule has 0 bridgehead atoms. The predicted octanol–water partition coefficient (Wildman–Crippen LogP) is 2.90. The number of hydrogen-bond acceptors (Lipinski definition) is 4. The van der Waals surface area contributed by atoms with Gasteiger partial charge in [-0.25, -0.2) is 4.79 Å². The Morgan fingerprint density at radius 2 is 1.95 bits per heavy atom. The number of carbonyl (C=O) groups is 2. The Morgan fingerprint density at radius 1 is 1.25 bits per heavy atom. The lowest BCUT2D eigenvalue weighted by Gasteiger charge is -2.20. The van der Waals surface area contributed by atoms with Crippen LogP contribution in [0.1, 0.15) is 23.7 Å². The highest BCUT2D eigenvalue weighted by Gasteiger charge is 2.21. The van der Waals surface area contributed by atoms with Gasteiger partial charge < -0.3 is 9.47 Å². The van der Waals surface area contributed by atoms with E-state index in [1.807, 2.05) is 6.92 Å². The van der Waals surface area contributed by atoms with Crippen molar-refractivity contribution >= 4 is 12.3 Å². The van der Waals surface area contributed by atoms with E-state index in [4.69, 9.17) is 9.47 Å². The van der Waals surface area contributed by atoms with E-state index in [1.165, 1.54) is 7.11 Å². The van der Waals surface area contributed by atoms with Crippen molar-refractivity contribution in [3.63, 3.8) is 0 Å². The summed E-state index contributed by atoms with van der Waals surface area (Å²) in [6, 6.07) is 6.89. The Hall–Kier alpha value is -2.36. The summed E-state index contributed by atoms with van der Waals surface area (Å²) >= 11 is 0. The molecule has 4 heteroatoms. The topological polar surface area (TPSA) is 52.6 Å². The molecule has 0 saturated carbocycles.